The third-order valence-corrected chi connectivity index (χ3v) is 6.05. The minimum Gasteiger partial charge on any atom is -0.461 e. The van der Waals surface area contributed by atoms with Crippen molar-refractivity contribution in [3.05, 3.63) is 27.1 Å². The van der Waals surface area contributed by atoms with Crippen molar-refractivity contribution in [2.45, 2.75) is 65.5 Å². The first-order valence-corrected chi connectivity index (χ1v) is 9.45. The molecule has 3 rings (SSSR count). The number of rotatable bonds is 4. The number of aromatic nitrogens is 2. The van der Waals surface area contributed by atoms with Crippen LogP contribution in [0.3, 0.4) is 0 Å². The normalized spacial score (nSPS) is 19.8. The molecule has 0 unspecified atom stereocenters. The number of ether oxygens (including phenoxy) is 1. The van der Waals surface area contributed by atoms with Crippen LogP contribution in [-0.2, 0) is 22.4 Å². The molecule has 0 radical (unpaired) electrons. The average Bonchev–Trinajstić information content (AvgIpc) is 2.92. The van der Waals surface area contributed by atoms with Gasteiger partial charge in [-0.15, -0.1) is 11.3 Å². The molecular formula is C18H24N2O3S. The van der Waals surface area contributed by atoms with E-state index in [0.717, 1.165) is 36.1 Å². The standard InChI is InChI=1S/C18H24N2O3S/c1-5-11(3)23-18(22)12(4)20-9-19-16-15(17(20)21)13-7-6-10(2)8-14(13)24-16/h9-12H,5-8H2,1-4H3/t10-,11+,12-/m1/s1. The van der Waals surface area contributed by atoms with Crippen molar-refractivity contribution in [3.63, 3.8) is 0 Å². The molecule has 2 aromatic heterocycles. The Morgan fingerprint density at radius 2 is 2.25 bits per heavy atom. The first-order chi connectivity index (χ1) is 11.4. The number of aryl methyl sites for hydroxylation is 1. The molecule has 1 aliphatic carbocycles. The van der Waals surface area contributed by atoms with Crippen LogP contribution >= 0.6 is 11.3 Å². The fourth-order valence-electron chi connectivity index (χ4n) is 3.11. The van der Waals surface area contributed by atoms with E-state index in [-0.39, 0.29) is 17.6 Å². The first-order valence-electron chi connectivity index (χ1n) is 8.64. The zero-order valence-electron chi connectivity index (χ0n) is 14.7. The van der Waals surface area contributed by atoms with Crippen molar-refractivity contribution in [1.82, 2.24) is 9.55 Å². The Balaban J connectivity index is 2.00. The lowest BCUT2D eigenvalue weighted by atomic mass is 9.89. The average molecular weight is 348 g/mol. The molecule has 130 valence electrons. The maximum atomic E-state index is 13.0. The summed E-state index contributed by atoms with van der Waals surface area (Å²) in [5, 5.41) is 0.701. The van der Waals surface area contributed by atoms with Gasteiger partial charge in [-0.1, -0.05) is 13.8 Å². The number of hydrogen-bond acceptors (Lipinski definition) is 5. The molecule has 2 heterocycles. The molecule has 1 aliphatic rings. The highest BCUT2D eigenvalue weighted by atomic mass is 32.1. The van der Waals surface area contributed by atoms with E-state index in [1.807, 2.05) is 13.8 Å². The summed E-state index contributed by atoms with van der Waals surface area (Å²) in [6, 6.07) is -0.665. The molecule has 0 aromatic carbocycles. The molecule has 0 aliphatic heterocycles. The van der Waals surface area contributed by atoms with Crippen molar-refractivity contribution in [2.24, 2.45) is 5.92 Å². The second-order valence-electron chi connectivity index (χ2n) is 6.82. The summed E-state index contributed by atoms with van der Waals surface area (Å²) >= 11 is 1.62. The van der Waals surface area contributed by atoms with E-state index < -0.39 is 6.04 Å². The van der Waals surface area contributed by atoms with Gasteiger partial charge in [0.05, 0.1) is 17.8 Å². The monoisotopic (exact) mass is 348 g/mol. The lowest BCUT2D eigenvalue weighted by Crippen LogP contribution is -2.31. The van der Waals surface area contributed by atoms with Crippen LogP contribution in [-0.4, -0.2) is 21.6 Å². The Bertz CT molecular complexity index is 824. The molecular weight excluding hydrogens is 324 g/mol. The number of hydrogen-bond donors (Lipinski definition) is 0. The van der Waals surface area contributed by atoms with Gasteiger partial charge in [-0.2, -0.15) is 0 Å². The SMILES string of the molecule is CC[C@H](C)OC(=O)[C@@H](C)n1cnc2sc3c(c2c1=O)CC[C@@H](C)C3. The Morgan fingerprint density at radius 1 is 1.50 bits per heavy atom. The summed E-state index contributed by atoms with van der Waals surface area (Å²) in [5.74, 6) is 0.266. The Hall–Kier alpha value is -1.69. The fraction of sp³-hybridized carbons (Fsp3) is 0.611. The van der Waals surface area contributed by atoms with Gasteiger partial charge in [0.25, 0.3) is 5.56 Å². The summed E-state index contributed by atoms with van der Waals surface area (Å²) in [7, 11) is 0. The van der Waals surface area contributed by atoms with Crippen molar-refractivity contribution in [2.75, 3.05) is 0 Å². The van der Waals surface area contributed by atoms with Crippen molar-refractivity contribution < 1.29 is 9.53 Å². The van der Waals surface area contributed by atoms with Crippen molar-refractivity contribution >= 4 is 27.5 Å². The molecule has 24 heavy (non-hydrogen) atoms. The summed E-state index contributed by atoms with van der Waals surface area (Å²) in [5.41, 5.74) is 1.02. The van der Waals surface area contributed by atoms with E-state index in [9.17, 15) is 9.59 Å². The molecule has 0 spiro atoms. The summed E-state index contributed by atoms with van der Waals surface area (Å²) in [4.78, 5) is 31.7. The molecule has 0 saturated heterocycles. The highest BCUT2D eigenvalue weighted by molar-refractivity contribution is 7.18. The highest BCUT2D eigenvalue weighted by Gasteiger charge is 2.26. The van der Waals surface area contributed by atoms with Crippen LogP contribution in [0.1, 0.15) is 57.0 Å². The third-order valence-electron chi connectivity index (χ3n) is 4.89. The second kappa shape index (κ2) is 6.67. The highest BCUT2D eigenvalue weighted by Crippen LogP contribution is 2.35. The zero-order chi connectivity index (χ0) is 17.4. The van der Waals surface area contributed by atoms with E-state index in [0.29, 0.717) is 11.3 Å². The molecule has 0 amide bonds. The van der Waals surface area contributed by atoms with Gasteiger partial charge in [-0.05, 0) is 51.0 Å². The van der Waals surface area contributed by atoms with Crippen LogP contribution in [0.15, 0.2) is 11.1 Å². The van der Waals surface area contributed by atoms with Crippen LogP contribution in [0.4, 0.5) is 0 Å². The topological polar surface area (TPSA) is 61.2 Å². The lowest BCUT2D eigenvalue weighted by Gasteiger charge is -2.18. The Kier molecular flexibility index (Phi) is 4.76. The minimum absolute atomic E-state index is 0.124. The van der Waals surface area contributed by atoms with Crippen LogP contribution in [0, 0.1) is 5.92 Å². The second-order valence-corrected chi connectivity index (χ2v) is 7.90. The zero-order valence-corrected chi connectivity index (χ0v) is 15.5. The van der Waals surface area contributed by atoms with Gasteiger partial charge in [0.15, 0.2) is 0 Å². The van der Waals surface area contributed by atoms with Gasteiger partial charge >= 0.3 is 5.97 Å². The number of carbonyl (C=O) groups excluding carboxylic acids is 1. The maximum absolute atomic E-state index is 13.0. The lowest BCUT2D eigenvalue weighted by molar-refractivity contribution is -0.152. The summed E-state index contributed by atoms with van der Waals surface area (Å²) in [6.07, 6.45) is 5.12. The molecule has 3 atom stereocenters. The summed E-state index contributed by atoms with van der Waals surface area (Å²) < 4.78 is 6.78. The van der Waals surface area contributed by atoms with E-state index in [1.165, 1.54) is 15.8 Å². The maximum Gasteiger partial charge on any atom is 0.329 e. The molecule has 5 nitrogen and oxygen atoms in total. The number of fused-ring (bicyclic) bond motifs is 3. The number of esters is 1. The van der Waals surface area contributed by atoms with Gasteiger partial charge in [0, 0.05) is 4.88 Å². The minimum atomic E-state index is -0.665. The Morgan fingerprint density at radius 3 is 2.96 bits per heavy atom. The quantitative estimate of drug-likeness (QED) is 0.794. The van der Waals surface area contributed by atoms with Gasteiger partial charge in [0.1, 0.15) is 10.9 Å². The van der Waals surface area contributed by atoms with Crippen LogP contribution in [0.2, 0.25) is 0 Å². The predicted octanol–water partition coefficient (Wildman–Crippen LogP) is 3.49. The van der Waals surface area contributed by atoms with E-state index in [4.69, 9.17) is 4.74 Å². The fourth-order valence-corrected chi connectivity index (χ4v) is 4.45. The van der Waals surface area contributed by atoms with Gasteiger partial charge in [0.2, 0.25) is 0 Å². The molecule has 2 aromatic rings. The van der Waals surface area contributed by atoms with Gasteiger partial charge in [-0.3, -0.25) is 9.36 Å². The van der Waals surface area contributed by atoms with E-state index in [1.54, 1.807) is 18.3 Å². The third kappa shape index (κ3) is 2.99. The van der Waals surface area contributed by atoms with Crippen molar-refractivity contribution in [1.29, 1.82) is 0 Å². The molecule has 0 fully saturated rings. The first kappa shape index (κ1) is 17.1. The number of nitrogens with zero attached hydrogens (tertiary/aromatic N) is 2. The van der Waals surface area contributed by atoms with Crippen LogP contribution in [0.5, 0.6) is 0 Å². The molecule has 0 N–H and O–H groups in total. The smallest absolute Gasteiger partial charge is 0.329 e. The molecule has 0 saturated carbocycles. The van der Waals surface area contributed by atoms with Gasteiger partial charge in [-0.25, -0.2) is 9.78 Å². The number of thiophene rings is 1. The van der Waals surface area contributed by atoms with Gasteiger partial charge < -0.3 is 4.74 Å². The van der Waals surface area contributed by atoms with Crippen LogP contribution < -0.4 is 5.56 Å². The molecule has 6 heteroatoms. The summed E-state index contributed by atoms with van der Waals surface area (Å²) in [6.45, 7) is 7.75. The van der Waals surface area contributed by atoms with Crippen molar-refractivity contribution in [3.8, 4) is 0 Å². The predicted molar refractivity (Wildman–Crippen MR) is 95.6 cm³/mol. The largest absolute Gasteiger partial charge is 0.461 e. The Labute approximate surface area is 145 Å². The van der Waals surface area contributed by atoms with Crippen LogP contribution in [0.25, 0.3) is 10.2 Å². The van der Waals surface area contributed by atoms with E-state index in [2.05, 4.69) is 11.9 Å². The number of carbonyl (C=O) groups is 1. The molecule has 0 bridgehead atoms. The van der Waals surface area contributed by atoms with E-state index >= 15 is 0 Å².